The third-order valence-corrected chi connectivity index (χ3v) is 6.56. The van der Waals surface area contributed by atoms with Crippen LogP contribution in [0.25, 0.3) is 11.3 Å². The smallest absolute Gasteiger partial charge is 0.189 e. The van der Waals surface area contributed by atoms with Gasteiger partial charge in [-0.1, -0.05) is 33.5 Å². The molecule has 2 aromatic rings. The monoisotopic (exact) mass is 360 g/mol. The Morgan fingerprint density at radius 2 is 1.88 bits per heavy atom. The summed E-state index contributed by atoms with van der Waals surface area (Å²) in [5.74, 6) is 1.44. The second-order valence-corrected chi connectivity index (χ2v) is 13.9. The van der Waals surface area contributed by atoms with Gasteiger partial charge in [-0.05, 0) is 23.7 Å². The highest BCUT2D eigenvalue weighted by atomic mass is 28.3. The molecule has 1 heterocycles. The molecule has 0 saturated heterocycles. The van der Waals surface area contributed by atoms with Crippen LogP contribution in [0.3, 0.4) is 0 Å². The van der Waals surface area contributed by atoms with E-state index >= 15 is 0 Å². The summed E-state index contributed by atoms with van der Waals surface area (Å²) >= 11 is 0. The number of aromatic amines is 1. The Morgan fingerprint density at radius 3 is 2.56 bits per heavy atom. The van der Waals surface area contributed by atoms with Gasteiger partial charge in [0, 0.05) is 31.2 Å². The minimum Gasteiger partial charge on any atom is -0.493 e. The average Bonchev–Trinajstić information content (AvgIpc) is 3.09. The molecule has 1 aliphatic rings. The number of aromatic nitrogens is 2. The highest BCUT2D eigenvalue weighted by Crippen LogP contribution is 2.50. The van der Waals surface area contributed by atoms with Crippen LogP contribution in [0.2, 0.25) is 25.7 Å². The molecular weight excluding hydrogens is 332 g/mol. The van der Waals surface area contributed by atoms with Crippen LogP contribution in [-0.4, -0.2) is 38.8 Å². The van der Waals surface area contributed by atoms with Gasteiger partial charge < -0.3 is 14.2 Å². The Kier molecular flexibility index (Phi) is 4.68. The fourth-order valence-corrected chi connectivity index (χ4v) is 3.97. The van der Waals surface area contributed by atoms with Crippen LogP contribution in [0.5, 0.6) is 11.5 Å². The quantitative estimate of drug-likeness (QED) is 0.451. The van der Waals surface area contributed by atoms with Crippen LogP contribution in [0, 0.1) is 0 Å². The Labute approximate surface area is 150 Å². The lowest BCUT2D eigenvalue weighted by Crippen LogP contribution is -2.22. The molecule has 6 heteroatoms. The van der Waals surface area contributed by atoms with Crippen LogP contribution >= 0.6 is 0 Å². The summed E-state index contributed by atoms with van der Waals surface area (Å²) in [6.07, 6.45) is 1.90. The minimum absolute atomic E-state index is 0.110. The number of H-pyrrole nitrogens is 1. The first kappa shape index (κ1) is 18.0. The van der Waals surface area contributed by atoms with E-state index in [0.717, 1.165) is 29.7 Å². The lowest BCUT2D eigenvalue weighted by atomic mass is 9.83. The summed E-state index contributed by atoms with van der Waals surface area (Å²) < 4.78 is 17.1. The van der Waals surface area contributed by atoms with E-state index in [4.69, 9.17) is 14.2 Å². The van der Waals surface area contributed by atoms with Crippen molar-refractivity contribution in [2.24, 2.45) is 0 Å². The molecule has 1 aliphatic carbocycles. The lowest BCUT2D eigenvalue weighted by molar-refractivity contribution is 0.0205. The Balaban J connectivity index is 1.77. The van der Waals surface area contributed by atoms with Gasteiger partial charge in [0.1, 0.15) is 0 Å². The molecular formula is C19H28N2O3Si. The summed E-state index contributed by atoms with van der Waals surface area (Å²) in [6, 6.07) is 5.23. The summed E-state index contributed by atoms with van der Waals surface area (Å²) in [5, 5.41) is 7.30. The topological polar surface area (TPSA) is 56.4 Å². The zero-order valence-corrected chi connectivity index (χ0v) is 17.0. The molecule has 1 N–H and O–H groups in total. The Bertz CT molecular complexity index is 763. The van der Waals surface area contributed by atoms with Gasteiger partial charge in [0.25, 0.3) is 0 Å². The molecule has 5 nitrogen and oxygen atoms in total. The van der Waals surface area contributed by atoms with Crippen LogP contribution in [0.4, 0.5) is 0 Å². The largest absolute Gasteiger partial charge is 0.493 e. The fourth-order valence-electron chi connectivity index (χ4n) is 3.21. The van der Waals surface area contributed by atoms with Crippen molar-refractivity contribution in [3.05, 3.63) is 29.5 Å². The summed E-state index contributed by atoms with van der Waals surface area (Å²) in [7, 11) is 0.581. The normalized spacial score (nSPS) is 15.0. The van der Waals surface area contributed by atoms with Crippen LogP contribution in [0.15, 0.2) is 18.3 Å². The third-order valence-electron chi connectivity index (χ3n) is 4.85. The first-order valence-electron chi connectivity index (χ1n) is 8.71. The van der Waals surface area contributed by atoms with E-state index in [1.807, 2.05) is 12.3 Å². The van der Waals surface area contributed by atoms with E-state index in [-0.39, 0.29) is 12.2 Å². The first-order valence-corrected chi connectivity index (χ1v) is 12.4. The molecule has 0 aliphatic heterocycles. The molecule has 3 rings (SSSR count). The van der Waals surface area contributed by atoms with Gasteiger partial charge in [-0.2, -0.15) is 5.10 Å². The first-order chi connectivity index (χ1) is 11.7. The molecule has 0 amide bonds. The standard InChI is InChI=1S/C19H28N2O3Si/c1-19(2)14-10-17(24-12-23-7-8-25(4,5)6)16(22-3)9-13(14)18-15(19)11-20-21-18/h9-11H,7-8,12H2,1-6H3,(H,20,21). The van der Waals surface area contributed by atoms with Crippen LogP contribution < -0.4 is 9.47 Å². The van der Waals surface area contributed by atoms with Crippen molar-refractivity contribution in [1.82, 2.24) is 10.2 Å². The summed E-state index contributed by atoms with van der Waals surface area (Å²) in [4.78, 5) is 0. The van der Waals surface area contributed by atoms with Gasteiger partial charge >= 0.3 is 0 Å². The maximum absolute atomic E-state index is 5.88. The van der Waals surface area contributed by atoms with Gasteiger partial charge in [0.15, 0.2) is 18.3 Å². The van der Waals surface area contributed by atoms with E-state index in [1.165, 1.54) is 11.1 Å². The number of methoxy groups -OCH3 is 1. The molecule has 0 unspecified atom stereocenters. The van der Waals surface area contributed by atoms with Gasteiger partial charge in [0.2, 0.25) is 0 Å². The Morgan fingerprint density at radius 1 is 1.12 bits per heavy atom. The molecule has 1 aromatic heterocycles. The minimum atomic E-state index is -1.08. The molecule has 0 bridgehead atoms. The van der Waals surface area contributed by atoms with Crippen LogP contribution in [0.1, 0.15) is 25.0 Å². The molecule has 136 valence electrons. The van der Waals surface area contributed by atoms with Gasteiger partial charge in [-0.15, -0.1) is 0 Å². The van der Waals surface area contributed by atoms with Crippen LogP contribution in [-0.2, 0) is 10.2 Å². The van der Waals surface area contributed by atoms with E-state index in [0.29, 0.717) is 5.75 Å². The number of nitrogens with zero attached hydrogens (tertiary/aromatic N) is 1. The molecule has 25 heavy (non-hydrogen) atoms. The van der Waals surface area contributed by atoms with Crippen molar-refractivity contribution in [3.8, 4) is 22.8 Å². The maximum Gasteiger partial charge on any atom is 0.189 e. The predicted octanol–water partition coefficient (Wildman–Crippen LogP) is 4.42. The van der Waals surface area contributed by atoms with Crippen molar-refractivity contribution in [2.45, 2.75) is 44.9 Å². The summed E-state index contributed by atoms with van der Waals surface area (Å²) in [5.41, 5.74) is 4.50. The Hall–Kier alpha value is -1.79. The number of rotatable bonds is 7. The molecule has 0 spiro atoms. The third kappa shape index (κ3) is 3.46. The van der Waals surface area contributed by atoms with Crippen molar-refractivity contribution >= 4 is 8.07 Å². The molecule has 0 saturated carbocycles. The van der Waals surface area contributed by atoms with Crippen molar-refractivity contribution in [1.29, 1.82) is 0 Å². The average molecular weight is 361 g/mol. The maximum atomic E-state index is 5.88. The summed E-state index contributed by atoms with van der Waals surface area (Å²) in [6.45, 7) is 12.4. The van der Waals surface area contributed by atoms with Gasteiger partial charge in [-0.3, -0.25) is 5.10 Å². The van der Waals surface area contributed by atoms with E-state index in [1.54, 1.807) is 7.11 Å². The lowest BCUT2D eigenvalue weighted by Gasteiger charge is -2.21. The molecule has 0 atom stereocenters. The molecule has 0 fully saturated rings. The SMILES string of the molecule is COc1cc2c(cc1OCOCC[Si](C)(C)C)C(C)(C)c1cn[nH]c1-2. The van der Waals surface area contributed by atoms with Gasteiger partial charge in [0.05, 0.1) is 19.0 Å². The second-order valence-electron chi connectivity index (χ2n) is 8.31. The van der Waals surface area contributed by atoms with Crippen molar-refractivity contribution in [3.63, 3.8) is 0 Å². The second kappa shape index (κ2) is 6.50. The van der Waals surface area contributed by atoms with E-state index in [2.05, 4.69) is 49.8 Å². The fraction of sp³-hybridized carbons (Fsp3) is 0.526. The van der Waals surface area contributed by atoms with Gasteiger partial charge in [-0.25, -0.2) is 0 Å². The van der Waals surface area contributed by atoms with E-state index < -0.39 is 8.07 Å². The molecule has 1 aromatic carbocycles. The number of nitrogens with one attached hydrogen (secondary N) is 1. The number of hydrogen-bond donors (Lipinski definition) is 1. The zero-order valence-electron chi connectivity index (χ0n) is 16.0. The van der Waals surface area contributed by atoms with Crippen molar-refractivity contribution in [2.75, 3.05) is 20.5 Å². The number of ether oxygens (including phenoxy) is 3. The number of hydrogen-bond acceptors (Lipinski definition) is 4. The number of fused-ring (bicyclic) bond motifs is 3. The zero-order chi connectivity index (χ0) is 18.2. The van der Waals surface area contributed by atoms with E-state index in [9.17, 15) is 0 Å². The highest BCUT2D eigenvalue weighted by molar-refractivity contribution is 6.76. The predicted molar refractivity (Wildman–Crippen MR) is 102 cm³/mol. The number of benzene rings is 1. The highest BCUT2D eigenvalue weighted by Gasteiger charge is 2.38. The van der Waals surface area contributed by atoms with Crippen molar-refractivity contribution < 1.29 is 14.2 Å². The molecule has 0 radical (unpaired) electrons.